The Balaban J connectivity index is 1.75. The molecule has 0 saturated carbocycles. The highest BCUT2D eigenvalue weighted by Gasteiger charge is 2.18. The minimum absolute atomic E-state index is 0.302. The molecule has 1 fully saturated rings. The summed E-state index contributed by atoms with van der Waals surface area (Å²) in [4.78, 5) is 10.5. The molecule has 2 heterocycles. The van der Waals surface area contributed by atoms with E-state index in [9.17, 15) is 0 Å². The Bertz CT molecular complexity index is 576. The lowest BCUT2D eigenvalue weighted by Gasteiger charge is -2.32. The van der Waals surface area contributed by atoms with Gasteiger partial charge in [-0.1, -0.05) is 24.3 Å². The number of morpholine rings is 1. The lowest BCUT2D eigenvalue weighted by atomic mass is 10.0. The molecule has 21 heavy (non-hydrogen) atoms. The van der Waals surface area contributed by atoms with Gasteiger partial charge in [0.15, 0.2) is 0 Å². The molecule has 0 unspecified atom stereocenters. The van der Waals surface area contributed by atoms with Crippen LogP contribution in [0.1, 0.15) is 18.5 Å². The van der Waals surface area contributed by atoms with E-state index in [2.05, 4.69) is 46.1 Å². The fraction of sp³-hybridized carbons (Fsp3) is 0.375. The molecule has 2 N–H and O–H groups in total. The van der Waals surface area contributed by atoms with Crippen LogP contribution in [0.4, 0.5) is 5.95 Å². The summed E-state index contributed by atoms with van der Waals surface area (Å²) >= 11 is 0. The molecular weight excluding hydrogens is 264 g/mol. The van der Waals surface area contributed by atoms with E-state index in [1.54, 1.807) is 12.4 Å². The fourth-order valence-electron chi connectivity index (χ4n) is 2.62. The van der Waals surface area contributed by atoms with Crippen LogP contribution in [0.25, 0.3) is 11.1 Å². The minimum atomic E-state index is 0.302. The third-order valence-electron chi connectivity index (χ3n) is 3.99. The van der Waals surface area contributed by atoms with E-state index in [1.807, 2.05) is 0 Å². The van der Waals surface area contributed by atoms with Crippen molar-refractivity contribution in [2.45, 2.75) is 13.0 Å². The molecule has 0 spiro atoms. The largest absolute Gasteiger partial charge is 0.379 e. The molecule has 0 aliphatic carbocycles. The van der Waals surface area contributed by atoms with Crippen molar-refractivity contribution in [3.8, 4) is 11.1 Å². The van der Waals surface area contributed by atoms with E-state index in [0.717, 1.165) is 37.4 Å². The second kappa shape index (κ2) is 6.20. The monoisotopic (exact) mass is 284 g/mol. The van der Waals surface area contributed by atoms with Crippen molar-refractivity contribution in [1.29, 1.82) is 0 Å². The molecule has 3 rings (SSSR count). The number of ether oxygens (including phenoxy) is 1. The summed E-state index contributed by atoms with van der Waals surface area (Å²) in [5, 5.41) is 0. The number of nitrogens with zero attached hydrogens (tertiary/aromatic N) is 3. The predicted octanol–water partition coefficient (Wildman–Crippen LogP) is 2.12. The second-order valence-corrected chi connectivity index (χ2v) is 5.28. The average Bonchev–Trinajstić information content (AvgIpc) is 2.56. The first-order chi connectivity index (χ1) is 10.2. The van der Waals surface area contributed by atoms with Crippen LogP contribution in [0.2, 0.25) is 0 Å². The summed E-state index contributed by atoms with van der Waals surface area (Å²) in [6.07, 6.45) is 3.51. The Kier molecular flexibility index (Phi) is 4.13. The van der Waals surface area contributed by atoms with Crippen molar-refractivity contribution in [3.05, 3.63) is 42.2 Å². The zero-order valence-corrected chi connectivity index (χ0v) is 12.2. The van der Waals surface area contributed by atoms with E-state index in [-0.39, 0.29) is 0 Å². The molecule has 5 nitrogen and oxygen atoms in total. The zero-order valence-electron chi connectivity index (χ0n) is 12.2. The van der Waals surface area contributed by atoms with Crippen molar-refractivity contribution in [2.24, 2.45) is 0 Å². The lowest BCUT2D eigenvalue weighted by Crippen LogP contribution is -2.37. The van der Waals surface area contributed by atoms with Crippen LogP contribution in [0.3, 0.4) is 0 Å². The van der Waals surface area contributed by atoms with E-state index >= 15 is 0 Å². The van der Waals surface area contributed by atoms with Gasteiger partial charge in [-0.05, 0) is 18.1 Å². The van der Waals surface area contributed by atoms with Gasteiger partial charge < -0.3 is 10.5 Å². The fourth-order valence-corrected chi connectivity index (χ4v) is 2.62. The second-order valence-electron chi connectivity index (χ2n) is 5.28. The van der Waals surface area contributed by atoms with Gasteiger partial charge in [-0.3, -0.25) is 4.90 Å². The molecular formula is C16H20N4O. The van der Waals surface area contributed by atoms with Crippen LogP contribution in [0.15, 0.2) is 36.7 Å². The summed E-state index contributed by atoms with van der Waals surface area (Å²) in [7, 11) is 0. The Labute approximate surface area is 124 Å². The minimum Gasteiger partial charge on any atom is -0.379 e. The number of nitrogen functional groups attached to an aromatic ring is 1. The molecule has 1 aliphatic heterocycles. The maximum Gasteiger partial charge on any atom is 0.219 e. The molecule has 0 radical (unpaired) electrons. The highest BCUT2D eigenvalue weighted by molar-refractivity contribution is 5.62. The lowest BCUT2D eigenvalue weighted by molar-refractivity contribution is 0.0198. The first-order valence-corrected chi connectivity index (χ1v) is 7.24. The standard InChI is InChI=1S/C16H20N4O/c1-12(20-6-8-21-9-7-20)13-2-4-14(5-3-13)15-10-18-16(17)19-11-15/h2-5,10-12H,6-9H2,1H3,(H2,17,18,19)/t12-/m1/s1. The molecule has 1 aliphatic rings. The number of hydrogen-bond donors (Lipinski definition) is 1. The summed E-state index contributed by atoms with van der Waals surface area (Å²) in [5.41, 5.74) is 8.92. The average molecular weight is 284 g/mol. The van der Waals surface area contributed by atoms with Crippen LogP contribution < -0.4 is 5.73 Å². The van der Waals surface area contributed by atoms with Crippen LogP contribution in [-0.2, 0) is 4.74 Å². The number of benzene rings is 1. The Morgan fingerprint density at radius 3 is 2.29 bits per heavy atom. The zero-order chi connectivity index (χ0) is 14.7. The SMILES string of the molecule is C[C@H](c1ccc(-c2cnc(N)nc2)cc1)N1CCOCC1. The van der Waals surface area contributed by atoms with Gasteiger partial charge in [-0.15, -0.1) is 0 Å². The van der Waals surface area contributed by atoms with Crippen molar-refractivity contribution in [2.75, 3.05) is 32.0 Å². The molecule has 1 aromatic heterocycles. The normalized spacial score (nSPS) is 17.6. The number of aromatic nitrogens is 2. The Morgan fingerprint density at radius 1 is 1.05 bits per heavy atom. The van der Waals surface area contributed by atoms with Crippen molar-refractivity contribution >= 4 is 5.95 Å². The van der Waals surface area contributed by atoms with E-state index in [1.165, 1.54) is 5.56 Å². The third kappa shape index (κ3) is 3.20. The quantitative estimate of drug-likeness (QED) is 0.935. The van der Waals surface area contributed by atoms with Gasteiger partial charge in [0, 0.05) is 37.1 Å². The molecule has 0 bridgehead atoms. The van der Waals surface area contributed by atoms with Crippen LogP contribution >= 0.6 is 0 Å². The number of hydrogen-bond acceptors (Lipinski definition) is 5. The molecule has 110 valence electrons. The first kappa shape index (κ1) is 14.0. The van der Waals surface area contributed by atoms with Crippen LogP contribution in [-0.4, -0.2) is 41.2 Å². The highest BCUT2D eigenvalue weighted by Crippen LogP contribution is 2.24. The molecule has 1 atom stereocenters. The first-order valence-electron chi connectivity index (χ1n) is 7.24. The maximum absolute atomic E-state index is 5.51. The summed E-state index contributed by atoms with van der Waals surface area (Å²) in [5.74, 6) is 0.302. The Hall–Kier alpha value is -1.98. The van der Waals surface area contributed by atoms with Gasteiger partial charge in [0.25, 0.3) is 0 Å². The molecule has 0 amide bonds. The van der Waals surface area contributed by atoms with Gasteiger partial charge in [0.05, 0.1) is 13.2 Å². The van der Waals surface area contributed by atoms with Crippen molar-refractivity contribution in [1.82, 2.24) is 14.9 Å². The topological polar surface area (TPSA) is 64.3 Å². The summed E-state index contributed by atoms with van der Waals surface area (Å²) in [6, 6.07) is 8.98. The smallest absolute Gasteiger partial charge is 0.219 e. The molecule has 5 heteroatoms. The van der Waals surface area contributed by atoms with Gasteiger partial charge in [-0.25, -0.2) is 9.97 Å². The van der Waals surface area contributed by atoms with E-state index < -0.39 is 0 Å². The molecule has 1 aromatic carbocycles. The van der Waals surface area contributed by atoms with Gasteiger partial charge in [-0.2, -0.15) is 0 Å². The number of nitrogens with two attached hydrogens (primary N) is 1. The highest BCUT2D eigenvalue weighted by atomic mass is 16.5. The van der Waals surface area contributed by atoms with Gasteiger partial charge in [0.1, 0.15) is 0 Å². The van der Waals surface area contributed by atoms with Gasteiger partial charge >= 0.3 is 0 Å². The van der Waals surface area contributed by atoms with Crippen LogP contribution in [0.5, 0.6) is 0 Å². The number of anilines is 1. The van der Waals surface area contributed by atoms with Gasteiger partial charge in [0.2, 0.25) is 5.95 Å². The van der Waals surface area contributed by atoms with Crippen molar-refractivity contribution < 1.29 is 4.74 Å². The van der Waals surface area contributed by atoms with E-state index in [0.29, 0.717) is 12.0 Å². The molecule has 2 aromatic rings. The van der Waals surface area contributed by atoms with Crippen molar-refractivity contribution in [3.63, 3.8) is 0 Å². The summed E-state index contributed by atoms with van der Waals surface area (Å²) < 4.78 is 5.41. The van der Waals surface area contributed by atoms with E-state index in [4.69, 9.17) is 10.5 Å². The third-order valence-corrected chi connectivity index (χ3v) is 3.99. The maximum atomic E-state index is 5.51. The Morgan fingerprint density at radius 2 is 1.67 bits per heavy atom. The van der Waals surface area contributed by atoms with Crippen LogP contribution in [0, 0.1) is 0 Å². The summed E-state index contributed by atoms with van der Waals surface area (Å²) in [6.45, 7) is 5.88. The number of rotatable bonds is 3. The predicted molar refractivity (Wildman–Crippen MR) is 82.7 cm³/mol. The molecule has 1 saturated heterocycles.